The van der Waals surface area contributed by atoms with Crippen molar-refractivity contribution in [1.29, 1.82) is 0 Å². The maximum Gasteiger partial charge on any atom is 0.0110 e. The molecule has 16 heavy (non-hydrogen) atoms. The van der Waals surface area contributed by atoms with Gasteiger partial charge in [-0.2, -0.15) is 0 Å². The van der Waals surface area contributed by atoms with Crippen LogP contribution < -0.4 is 5.32 Å². The second-order valence-electron chi connectivity index (χ2n) is 5.00. The Kier molecular flexibility index (Phi) is 7.01. The van der Waals surface area contributed by atoms with Crippen molar-refractivity contribution in [3.05, 3.63) is 0 Å². The molecule has 0 amide bonds. The predicted molar refractivity (Wildman–Crippen MR) is 70.9 cm³/mol. The minimum atomic E-state index is 0.836. The van der Waals surface area contributed by atoms with E-state index in [-0.39, 0.29) is 0 Å². The molecule has 1 rings (SSSR count). The van der Waals surface area contributed by atoms with Crippen LogP contribution in [-0.4, -0.2) is 62.2 Å². The van der Waals surface area contributed by atoms with Gasteiger partial charge >= 0.3 is 0 Å². The van der Waals surface area contributed by atoms with Crippen LogP contribution in [0.4, 0.5) is 0 Å². The summed E-state index contributed by atoms with van der Waals surface area (Å²) in [6.45, 7) is 16.6. The molecule has 1 fully saturated rings. The van der Waals surface area contributed by atoms with Crippen LogP contribution >= 0.6 is 0 Å². The van der Waals surface area contributed by atoms with Crippen LogP contribution in [0.3, 0.4) is 0 Å². The van der Waals surface area contributed by atoms with Crippen molar-refractivity contribution in [2.24, 2.45) is 5.92 Å². The lowest BCUT2D eigenvalue weighted by Crippen LogP contribution is -2.46. The third-order valence-electron chi connectivity index (χ3n) is 3.66. The Morgan fingerprint density at radius 2 is 1.94 bits per heavy atom. The summed E-state index contributed by atoms with van der Waals surface area (Å²) < 4.78 is 0. The smallest absolute Gasteiger partial charge is 0.0110 e. The number of nitrogens with zero attached hydrogens (tertiary/aromatic N) is 2. The first-order chi connectivity index (χ1) is 7.76. The molecule has 0 radical (unpaired) electrons. The lowest BCUT2D eigenvalue weighted by Gasteiger charge is -2.30. The van der Waals surface area contributed by atoms with Gasteiger partial charge in [0.25, 0.3) is 0 Å². The second kappa shape index (κ2) is 8.04. The Morgan fingerprint density at radius 1 is 1.25 bits per heavy atom. The number of likely N-dealkylation sites (N-methyl/N-ethyl adjacent to an activating group) is 1. The summed E-state index contributed by atoms with van der Waals surface area (Å²) in [5.41, 5.74) is 0. The van der Waals surface area contributed by atoms with Gasteiger partial charge in [-0.3, -0.25) is 4.90 Å². The number of hydrogen-bond donors (Lipinski definition) is 1. The molecule has 1 atom stereocenters. The van der Waals surface area contributed by atoms with Crippen molar-refractivity contribution >= 4 is 0 Å². The van der Waals surface area contributed by atoms with Crippen LogP contribution in [0.2, 0.25) is 0 Å². The van der Waals surface area contributed by atoms with E-state index in [0.717, 1.165) is 19.0 Å². The van der Waals surface area contributed by atoms with Gasteiger partial charge in [0.2, 0.25) is 0 Å². The second-order valence-corrected chi connectivity index (χ2v) is 5.00. The highest BCUT2D eigenvalue weighted by Gasteiger charge is 2.12. The molecule has 0 spiro atoms. The molecule has 0 aromatic carbocycles. The average molecular weight is 227 g/mol. The minimum absolute atomic E-state index is 0.836. The van der Waals surface area contributed by atoms with E-state index in [0.29, 0.717) is 0 Å². The van der Waals surface area contributed by atoms with Crippen LogP contribution in [0.15, 0.2) is 0 Å². The fourth-order valence-electron chi connectivity index (χ4n) is 2.17. The van der Waals surface area contributed by atoms with Gasteiger partial charge in [-0.15, -0.1) is 0 Å². The summed E-state index contributed by atoms with van der Waals surface area (Å²) in [6, 6.07) is 0. The standard InChI is InChI=1S/C13H29N3/c1-4-13(3)12-15(5-2)10-11-16-8-6-14-7-9-16/h13-14H,4-12H2,1-3H3. The van der Waals surface area contributed by atoms with Crippen molar-refractivity contribution in [2.75, 3.05) is 52.4 Å². The van der Waals surface area contributed by atoms with Gasteiger partial charge in [0.05, 0.1) is 0 Å². The van der Waals surface area contributed by atoms with Gasteiger partial charge in [0.1, 0.15) is 0 Å². The quantitative estimate of drug-likeness (QED) is 0.706. The third kappa shape index (κ3) is 5.28. The van der Waals surface area contributed by atoms with E-state index in [9.17, 15) is 0 Å². The molecule has 0 bridgehead atoms. The molecular formula is C13H29N3. The fourth-order valence-corrected chi connectivity index (χ4v) is 2.17. The average Bonchev–Trinajstić information content (AvgIpc) is 2.35. The molecule has 0 aromatic rings. The van der Waals surface area contributed by atoms with E-state index >= 15 is 0 Å². The Morgan fingerprint density at radius 3 is 2.50 bits per heavy atom. The molecule has 1 N–H and O–H groups in total. The predicted octanol–water partition coefficient (Wildman–Crippen LogP) is 1.26. The Labute approximate surface area is 101 Å². The van der Waals surface area contributed by atoms with Crippen molar-refractivity contribution in [3.63, 3.8) is 0 Å². The summed E-state index contributed by atoms with van der Waals surface area (Å²) in [4.78, 5) is 5.17. The highest BCUT2D eigenvalue weighted by atomic mass is 15.2. The van der Waals surface area contributed by atoms with E-state index in [1.807, 2.05) is 0 Å². The zero-order valence-electron chi connectivity index (χ0n) is 11.3. The summed E-state index contributed by atoms with van der Waals surface area (Å²) in [7, 11) is 0. The number of piperazine rings is 1. The first-order valence-corrected chi connectivity index (χ1v) is 6.91. The Bertz CT molecular complexity index is 167. The first-order valence-electron chi connectivity index (χ1n) is 6.91. The highest BCUT2D eigenvalue weighted by molar-refractivity contribution is 4.70. The summed E-state index contributed by atoms with van der Waals surface area (Å²) in [5.74, 6) is 0.836. The molecule has 3 heteroatoms. The number of rotatable bonds is 7. The molecule has 3 nitrogen and oxygen atoms in total. The summed E-state index contributed by atoms with van der Waals surface area (Å²) in [5, 5.41) is 3.40. The summed E-state index contributed by atoms with van der Waals surface area (Å²) >= 11 is 0. The molecule has 1 aliphatic rings. The topological polar surface area (TPSA) is 18.5 Å². The maximum atomic E-state index is 3.40. The minimum Gasteiger partial charge on any atom is -0.314 e. The van der Waals surface area contributed by atoms with Crippen LogP contribution in [0.5, 0.6) is 0 Å². The molecule has 1 unspecified atom stereocenters. The summed E-state index contributed by atoms with van der Waals surface area (Å²) in [6.07, 6.45) is 1.30. The fraction of sp³-hybridized carbons (Fsp3) is 1.00. The Balaban J connectivity index is 2.16. The maximum absolute atomic E-state index is 3.40. The van der Waals surface area contributed by atoms with Gasteiger partial charge < -0.3 is 10.2 Å². The van der Waals surface area contributed by atoms with Gasteiger partial charge in [0, 0.05) is 45.8 Å². The zero-order valence-corrected chi connectivity index (χ0v) is 11.3. The normalized spacial score (nSPS) is 20.2. The SMILES string of the molecule is CCC(C)CN(CC)CCN1CCNCC1. The van der Waals surface area contributed by atoms with Crippen LogP contribution in [0.25, 0.3) is 0 Å². The highest BCUT2D eigenvalue weighted by Crippen LogP contribution is 2.04. The molecule has 0 aromatic heterocycles. The molecule has 1 saturated heterocycles. The van der Waals surface area contributed by atoms with Crippen molar-refractivity contribution in [1.82, 2.24) is 15.1 Å². The first kappa shape index (κ1) is 13.9. The monoisotopic (exact) mass is 227 g/mol. The van der Waals surface area contributed by atoms with Gasteiger partial charge in [-0.25, -0.2) is 0 Å². The van der Waals surface area contributed by atoms with E-state index in [2.05, 4.69) is 35.9 Å². The van der Waals surface area contributed by atoms with Crippen molar-refractivity contribution in [2.45, 2.75) is 27.2 Å². The molecule has 0 saturated carbocycles. The van der Waals surface area contributed by atoms with Crippen molar-refractivity contribution < 1.29 is 0 Å². The van der Waals surface area contributed by atoms with Gasteiger partial charge in [-0.05, 0) is 12.5 Å². The lowest BCUT2D eigenvalue weighted by molar-refractivity contribution is 0.179. The number of hydrogen-bond acceptors (Lipinski definition) is 3. The molecule has 1 heterocycles. The van der Waals surface area contributed by atoms with Crippen LogP contribution in [0, 0.1) is 5.92 Å². The van der Waals surface area contributed by atoms with E-state index in [1.54, 1.807) is 0 Å². The Hall–Kier alpha value is -0.120. The lowest BCUT2D eigenvalue weighted by atomic mass is 10.1. The van der Waals surface area contributed by atoms with Gasteiger partial charge in [-0.1, -0.05) is 27.2 Å². The van der Waals surface area contributed by atoms with Gasteiger partial charge in [0.15, 0.2) is 0 Å². The third-order valence-corrected chi connectivity index (χ3v) is 3.66. The molecular weight excluding hydrogens is 198 g/mol. The van der Waals surface area contributed by atoms with Crippen molar-refractivity contribution in [3.8, 4) is 0 Å². The van der Waals surface area contributed by atoms with E-state index < -0.39 is 0 Å². The largest absolute Gasteiger partial charge is 0.314 e. The zero-order chi connectivity index (χ0) is 11.8. The molecule has 1 aliphatic heterocycles. The van der Waals surface area contributed by atoms with Crippen LogP contribution in [0.1, 0.15) is 27.2 Å². The van der Waals surface area contributed by atoms with E-state index in [4.69, 9.17) is 0 Å². The molecule has 96 valence electrons. The number of nitrogens with one attached hydrogen (secondary N) is 1. The molecule has 0 aliphatic carbocycles. The van der Waals surface area contributed by atoms with E-state index in [1.165, 1.54) is 45.7 Å². The van der Waals surface area contributed by atoms with Crippen LogP contribution in [-0.2, 0) is 0 Å².